The second kappa shape index (κ2) is 12.3. The number of carbonyl (C=O) groups is 2. The molecule has 2 fully saturated rings. The van der Waals surface area contributed by atoms with Gasteiger partial charge in [0.25, 0.3) is 0 Å². The van der Waals surface area contributed by atoms with Gasteiger partial charge in [-0.2, -0.15) is 0 Å². The molecule has 0 amide bonds. The van der Waals surface area contributed by atoms with Crippen molar-refractivity contribution in [3.63, 3.8) is 0 Å². The van der Waals surface area contributed by atoms with Crippen LogP contribution in [0.2, 0.25) is 0 Å². The summed E-state index contributed by atoms with van der Waals surface area (Å²) in [7, 11) is 0. The molecule has 1 saturated heterocycles. The molecule has 35 heavy (non-hydrogen) atoms. The Hall–Kier alpha value is -2.73. The van der Waals surface area contributed by atoms with E-state index in [1.165, 1.54) is 37.8 Å². The Balaban J connectivity index is 1.92. The number of nitrogens with zero attached hydrogens (tertiary/aromatic N) is 1. The molecular formula is C29H41N3O3. The highest BCUT2D eigenvalue weighted by Gasteiger charge is 2.27. The number of benzene rings is 1. The molecule has 1 saturated carbocycles. The van der Waals surface area contributed by atoms with E-state index in [-0.39, 0.29) is 29.6 Å². The van der Waals surface area contributed by atoms with Gasteiger partial charge in [-0.15, -0.1) is 0 Å². The number of hydrogen-bond donors (Lipinski definition) is 2. The van der Waals surface area contributed by atoms with Gasteiger partial charge in [-0.1, -0.05) is 39.8 Å². The van der Waals surface area contributed by atoms with Crippen LogP contribution < -0.4 is 15.8 Å². The lowest BCUT2D eigenvalue weighted by Gasteiger charge is -2.30. The van der Waals surface area contributed by atoms with Crippen LogP contribution in [0.4, 0.5) is 5.69 Å². The number of carbonyl (C=O) groups excluding carboxylic acids is 2. The summed E-state index contributed by atoms with van der Waals surface area (Å²) in [5.74, 6) is 0.903. The molecule has 0 bridgehead atoms. The average Bonchev–Trinajstić information content (AvgIpc) is 2.81. The van der Waals surface area contributed by atoms with Crippen LogP contribution >= 0.6 is 0 Å². The maximum atomic E-state index is 12.0. The zero-order chi connectivity index (χ0) is 25.5. The minimum absolute atomic E-state index is 0.0695. The van der Waals surface area contributed by atoms with E-state index in [1.807, 2.05) is 19.1 Å². The number of aliphatic imine (C=N–C) groups is 1. The maximum Gasteiger partial charge on any atom is 0.308 e. The monoisotopic (exact) mass is 479 g/mol. The number of esters is 1. The zero-order valence-electron chi connectivity index (χ0n) is 21.7. The van der Waals surface area contributed by atoms with E-state index < -0.39 is 0 Å². The number of nitrogens with one attached hydrogen (secondary N) is 1. The molecule has 0 spiro atoms. The second-order valence-electron chi connectivity index (χ2n) is 10.0. The van der Waals surface area contributed by atoms with Crippen molar-refractivity contribution in [2.75, 3.05) is 6.54 Å². The summed E-state index contributed by atoms with van der Waals surface area (Å²) in [6, 6.07) is 6.19. The van der Waals surface area contributed by atoms with E-state index in [1.54, 1.807) is 0 Å². The highest BCUT2D eigenvalue weighted by Crippen LogP contribution is 2.40. The fraction of sp³-hybridized carbons (Fsp3) is 0.552. The topological polar surface area (TPSA) is 93.8 Å². The smallest absolute Gasteiger partial charge is 0.308 e. The largest absolute Gasteiger partial charge is 0.424 e. The van der Waals surface area contributed by atoms with Crippen LogP contribution in [0.5, 0.6) is 5.75 Å². The van der Waals surface area contributed by atoms with Crippen molar-refractivity contribution in [1.29, 1.82) is 0 Å². The van der Waals surface area contributed by atoms with Gasteiger partial charge in [0.15, 0.2) is 11.5 Å². The minimum atomic E-state index is -0.346. The summed E-state index contributed by atoms with van der Waals surface area (Å²) in [5.41, 5.74) is 11.4. The van der Waals surface area contributed by atoms with Crippen molar-refractivity contribution in [2.45, 2.75) is 84.6 Å². The Morgan fingerprint density at radius 3 is 2.66 bits per heavy atom. The Labute approximate surface area is 210 Å². The SMILES string of the molecule is C=CC(=O)C(C)C(C)CC/C(N)=C1/C(=Nc2ccc(C3CCC3)cc2OC(C)=O)CCNC1CC. The molecule has 1 aromatic carbocycles. The van der Waals surface area contributed by atoms with Gasteiger partial charge in [0.2, 0.25) is 0 Å². The van der Waals surface area contributed by atoms with Crippen molar-refractivity contribution in [2.24, 2.45) is 22.6 Å². The first kappa shape index (κ1) is 26.9. The predicted molar refractivity (Wildman–Crippen MR) is 142 cm³/mol. The van der Waals surface area contributed by atoms with E-state index in [9.17, 15) is 9.59 Å². The summed E-state index contributed by atoms with van der Waals surface area (Å²) in [6.07, 6.45) is 8.16. The normalized spacial score (nSPS) is 22.7. The Bertz CT molecular complexity index is 1010. The second-order valence-corrected chi connectivity index (χ2v) is 10.0. The lowest BCUT2D eigenvalue weighted by Crippen LogP contribution is -2.42. The molecule has 3 atom stereocenters. The van der Waals surface area contributed by atoms with Gasteiger partial charge in [-0.3, -0.25) is 9.59 Å². The van der Waals surface area contributed by atoms with Crippen LogP contribution in [0.3, 0.4) is 0 Å². The lowest BCUT2D eigenvalue weighted by atomic mass is 9.80. The lowest BCUT2D eigenvalue weighted by molar-refractivity contribution is -0.131. The van der Waals surface area contributed by atoms with Crippen molar-refractivity contribution in [1.82, 2.24) is 5.32 Å². The minimum Gasteiger partial charge on any atom is -0.424 e. The highest BCUT2D eigenvalue weighted by atomic mass is 16.5. The fourth-order valence-electron chi connectivity index (χ4n) is 4.91. The Kier molecular flexibility index (Phi) is 9.44. The first-order chi connectivity index (χ1) is 16.7. The molecule has 3 N–H and O–H groups in total. The zero-order valence-corrected chi connectivity index (χ0v) is 21.7. The van der Waals surface area contributed by atoms with Crippen molar-refractivity contribution >= 4 is 23.2 Å². The van der Waals surface area contributed by atoms with Crippen molar-refractivity contribution in [3.05, 3.63) is 47.7 Å². The first-order valence-corrected chi connectivity index (χ1v) is 13.0. The molecule has 6 heteroatoms. The molecular weight excluding hydrogens is 438 g/mol. The summed E-state index contributed by atoms with van der Waals surface area (Å²) < 4.78 is 5.58. The highest BCUT2D eigenvalue weighted by molar-refractivity contribution is 6.04. The third-order valence-electron chi connectivity index (χ3n) is 7.61. The number of ether oxygens (including phenoxy) is 1. The van der Waals surface area contributed by atoms with Crippen LogP contribution in [0.25, 0.3) is 0 Å². The Morgan fingerprint density at radius 1 is 1.31 bits per heavy atom. The molecule has 0 aromatic heterocycles. The van der Waals surface area contributed by atoms with Crippen molar-refractivity contribution in [3.8, 4) is 5.75 Å². The summed E-state index contributed by atoms with van der Waals surface area (Å²) in [6.45, 7) is 12.0. The molecule has 0 radical (unpaired) electrons. The van der Waals surface area contributed by atoms with Crippen LogP contribution in [0.1, 0.15) is 84.1 Å². The third-order valence-corrected chi connectivity index (χ3v) is 7.61. The molecule has 6 nitrogen and oxygen atoms in total. The summed E-state index contributed by atoms with van der Waals surface area (Å²) in [5, 5.41) is 3.57. The van der Waals surface area contributed by atoms with Gasteiger partial charge in [-0.25, -0.2) is 4.99 Å². The van der Waals surface area contributed by atoms with Crippen LogP contribution in [-0.2, 0) is 9.59 Å². The first-order valence-electron chi connectivity index (χ1n) is 13.0. The molecule has 1 aromatic rings. The standard InChI is InChI=1S/C29H41N3O3/c1-6-24-29(23(30)13-11-18(3)19(4)27(34)7-2)26(15-16-31-24)32-25-14-12-22(21-9-8-10-21)17-28(25)35-20(5)33/h7,12,14,17-19,21,24,31H,2,6,8-11,13,15-16,30H2,1,3-5H3/b29-23-,32-26?. The van der Waals surface area contributed by atoms with E-state index >= 15 is 0 Å². The molecule has 3 rings (SSSR count). The van der Waals surface area contributed by atoms with Crippen LogP contribution in [0, 0.1) is 11.8 Å². The number of allylic oxidation sites excluding steroid dienone is 2. The van der Waals surface area contributed by atoms with E-state index in [0.717, 1.165) is 42.8 Å². The van der Waals surface area contributed by atoms with E-state index in [2.05, 4.69) is 31.8 Å². The molecule has 1 aliphatic heterocycles. The molecule has 190 valence electrons. The van der Waals surface area contributed by atoms with Gasteiger partial charge in [0.05, 0.1) is 0 Å². The number of ketones is 1. The number of rotatable bonds is 10. The van der Waals surface area contributed by atoms with E-state index in [0.29, 0.717) is 23.8 Å². The number of nitrogens with two attached hydrogens (primary N) is 1. The molecule has 1 heterocycles. The van der Waals surface area contributed by atoms with Crippen LogP contribution in [0.15, 0.2) is 47.1 Å². The fourth-order valence-corrected chi connectivity index (χ4v) is 4.91. The Morgan fingerprint density at radius 2 is 2.06 bits per heavy atom. The molecule has 3 unspecified atom stereocenters. The van der Waals surface area contributed by atoms with Crippen molar-refractivity contribution < 1.29 is 14.3 Å². The summed E-state index contributed by atoms with van der Waals surface area (Å²) in [4.78, 5) is 28.9. The average molecular weight is 480 g/mol. The van der Waals surface area contributed by atoms with Gasteiger partial charge < -0.3 is 15.8 Å². The quantitative estimate of drug-likeness (QED) is 0.253. The van der Waals surface area contributed by atoms with Gasteiger partial charge in [0.1, 0.15) is 5.69 Å². The van der Waals surface area contributed by atoms with Gasteiger partial charge in [0, 0.05) is 48.8 Å². The van der Waals surface area contributed by atoms with E-state index in [4.69, 9.17) is 15.5 Å². The summed E-state index contributed by atoms with van der Waals surface area (Å²) >= 11 is 0. The van der Waals surface area contributed by atoms with Gasteiger partial charge >= 0.3 is 5.97 Å². The number of piperidine rings is 1. The maximum absolute atomic E-state index is 12.0. The van der Waals surface area contributed by atoms with Gasteiger partial charge in [-0.05, 0) is 67.7 Å². The van der Waals surface area contributed by atoms with Crippen LogP contribution in [-0.4, -0.2) is 30.1 Å². The number of hydrogen-bond acceptors (Lipinski definition) is 6. The predicted octanol–water partition coefficient (Wildman–Crippen LogP) is 5.74. The molecule has 1 aliphatic carbocycles. The third kappa shape index (κ3) is 6.69. The molecule has 2 aliphatic rings.